The van der Waals surface area contributed by atoms with Gasteiger partial charge in [0.05, 0.1) is 5.52 Å². The number of nitrogens with zero attached hydrogens (tertiary/aromatic N) is 2. The summed E-state index contributed by atoms with van der Waals surface area (Å²) in [5.41, 5.74) is 4.57. The van der Waals surface area contributed by atoms with E-state index >= 15 is 0 Å². The number of hydrogen-bond donors (Lipinski definition) is 3. The number of hydrogen-bond acceptors (Lipinski definition) is 6. The summed E-state index contributed by atoms with van der Waals surface area (Å²) in [5, 5.41) is 10.1. The first-order valence-corrected chi connectivity index (χ1v) is 11.7. The van der Waals surface area contributed by atoms with Crippen molar-refractivity contribution >= 4 is 34.6 Å². The van der Waals surface area contributed by atoms with Gasteiger partial charge in [0.1, 0.15) is 24.2 Å². The highest BCUT2D eigenvalue weighted by Gasteiger charge is 2.22. The van der Waals surface area contributed by atoms with Gasteiger partial charge in [0, 0.05) is 43.5 Å². The number of carbonyl (C=O) groups is 2. The summed E-state index contributed by atoms with van der Waals surface area (Å²) in [6, 6.07) is 11.3. The quantitative estimate of drug-likeness (QED) is 0.323. The lowest BCUT2D eigenvalue weighted by Crippen LogP contribution is -2.23. The van der Waals surface area contributed by atoms with Crippen molar-refractivity contribution in [2.75, 3.05) is 24.2 Å². The van der Waals surface area contributed by atoms with E-state index in [0.717, 1.165) is 48.7 Å². The van der Waals surface area contributed by atoms with Crippen LogP contribution in [0.5, 0.6) is 0 Å². The Bertz CT molecular complexity index is 1120. The third-order valence-corrected chi connectivity index (χ3v) is 5.66. The Morgan fingerprint density at radius 1 is 1.15 bits per heavy atom. The zero-order valence-corrected chi connectivity index (χ0v) is 19.7. The number of aldehydes is 1. The Hall–Kier alpha value is -3.55. The van der Waals surface area contributed by atoms with Crippen LogP contribution in [0, 0.1) is 5.82 Å². The molecular formula is C26H32FN5O2. The Labute approximate surface area is 199 Å². The first-order valence-electron chi connectivity index (χ1n) is 11.7. The van der Waals surface area contributed by atoms with E-state index in [1.807, 2.05) is 14.0 Å². The minimum absolute atomic E-state index is 0.0497. The number of nitrogens with one attached hydrogen (secondary N) is 3. The van der Waals surface area contributed by atoms with Crippen molar-refractivity contribution in [3.8, 4) is 0 Å². The predicted molar refractivity (Wildman–Crippen MR) is 134 cm³/mol. The molecule has 180 valence electrons. The van der Waals surface area contributed by atoms with Crippen LogP contribution in [0.2, 0.25) is 0 Å². The van der Waals surface area contributed by atoms with Crippen LogP contribution in [0.15, 0.2) is 42.7 Å². The van der Waals surface area contributed by atoms with Crippen molar-refractivity contribution in [1.29, 1.82) is 0 Å². The number of fused-ring (bicyclic) bond motifs is 2. The predicted octanol–water partition coefficient (Wildman–Crippen LogP) is 4.27. The van der Waals surface area contributed by atoms with Crippen LogP contribution >= 0.6 is 0 Å². The molecule has 0 spiro atoms. The van der Waals surface area contributed by atoms with Crippen LogP contribution in [-0.4, -0.2) is 41.8 Å². The smallest absolute Gasteiger partial charge is 0.220 e. The maximum absolute atomic E-state index is 13.5. The molecule has 0 saturated carbocycles. The fourth-order valence-corrected chi connectivity index (χ4v) is 3.91. The maximum atomic E-state index is 13.5. The molecular weight excluding hydrogens is 433 g/mol. The number of halogens is 1. The average molecular weight is 466 g/mol. The normalized spacial score (nSPS) is 14.0. The lowest BCUT2D eigenvalue weighted by Gasteiger charge is -2.14. The zero-order valence-electron chi connectivity index (χ0n) is 19.7. The molecule has 8 heteroatoms. The highest BCUT2D eigenvalue weighted by atomic mass is 19.1. The highest BCUT2D eigenvalue weighted by Crippen LogP contribution is 2.28. The van der Waals surface area contributed by atoms with Gasteiger partial charge in [-0.1, -0.05) is 13.0 Å². The highest BCUT2D eigenvalue weighted by molar-refractivity contribution is 5.89. The summed E-state index contributed by atoms with van der Waals surface area (Å²) in [6.45, 7) is 2.74. The summed E-state index contributed by atoms with van der Waals surface area (Å²) in [4.78, 5) is 29.2. The van der Waals surface area contributed by atoms with Gasteiger partial charge in [-0.05, 0) is 67.1 Å². The van der Waals surface area contributed by atoms with Crippen molar-refractivity contribution in [3.63, 3.8) is 0 Å². The molecule has 0 saturated heterocycles. The Morgan fingerprint density at radius 3 is 2.74 bits per heavy atom. The molecule has 0 bridgehead atoms. The lowest BCUT2D eigenvalue weighted by atomic mass is 10.1. The van der Waals surface area contributed by atoms with Crippen molar-refractivity contribution < 1.29 is 14.0 Å². The molecule has 1 amide bonds. The van der Waals surface area contributed by atoms with E-state index in [4.69, 9.17) is 0 Å². The average Bonchev–Trinajstić information content (AvgIpc) is 3.25. The van der Waals surface area contributed by atoms with E-state index in [1.54, 1.807) is 6.07 Å². The van der Waals surface area contributed by atoms with Gasteiger partial charge in [0.15, 0.2) is 0 Å². The van der Waals surface area contributed by atoms with Gasteiger partial charge in [-0.25, -0.2) is 14.4 Å². The minimum atomic E-state index is -0.274. The number of rotatable bonds is 9. The van der Waals surface area contributed by atoms with E-state index in [9.17, 15) is 14.0 Å². The van der Waals surface area contributed by atoms with Gasteiger partial charge in [-0.15, -0.1) is 0 Å². The maximum Gasteiger partial charge on any atom is 0.220 e. The van der Waals surface area contributed by atoms with Crippen LogP contribution < -0.4 is 16.0 Å². The number of unbranched alkanes of at least 4 members (excludes halogenated alkanes) is 1. The standard InChI is InChI=1S/C18H17FN4.C8H15NO2/c1-20-14-4-2-11-6-15(8-12(11)7-14)23-18-16-9-13(19)3-5-17(16)21-10-22-18;1-2-6-9-8(11)5-3-4-7-10/h2-5,7,9-10,15,20H,6,8H2,1H3,(H,21,22,23);7H,2-6H2,1H3,(H,9,11). The molecule has 7 nitrogen and oxygen atoms in total. The van der Waals surface area contributed by atoms with Crippen molar-refractivity contribution in [3.05, 3.63) is 59.7 Å². The Balaban J connectivity index is 0.000000252. The molecule has 1 aromatic heterocycles. The number of anilines is 2. The molecule has 3 aromatic rings. The van der Waals surface area contributed by atoms with Gasteiger partial charge in [0.2, 0.25) is 5.91 Å². The second-order valence-electron chi connectivity index (χ2n) is 8.28. The molecule has 1 aliphatic carbocycles. The van der Waals surface area contributed by atoms with E-state index in [0.29, 0.717) is 25.1 Å². The Kier molecular flexibility index (Phi) is 9.31. The first-order chi connectivity index (χ1) is 16.5. The lowest BCUT2D eigenvalue weighted by molar-refractivity contribution is -0.121. The van der Waals surface area contributed by atoms with Gasteiger partial charge < -0.3 is 20.7 Å². The van der Waals surface area contributed by atoms with Crippen LogP contribution in [0.1, 0.15) is 43.7 Å². The first kappa shape index (κ1) is 25.1. The molecule has 4 rings (SSSR count). The fraction of sp³-hybridized carbons (Fsp3) is 0.385. The number of benzene rings is 2. The number of aromatic nitrogens is 2. The zero-order chi connectivity index (χ0) is 24.3. The van der Waals surface area contributed by atoms with Crippen molar-refractivity contribution in [2.24, 2.45) is 0 Å². The fourth-order valence-electron chi connectivity index (χ4n) is 3.91. The summed E-state index contributed by atoms with van der Waals surface area (Å²) in [7, 11) is 1.92. The summed E-state index contributed by atoms with van der Waals surface area (Å²) in [5.74, 6) is 0.471. The summed E-state index contributed by atoms with van der Waals surface area (Å²) in [6.07, 6.45) is 6.82. The molecule has 0 fully saturated rings. The van der Waals surface area contributed by atoms with Crippen LogP contribution in [0.4, 0.5) is 15.9 Å². The largest absolute Gasteiger partial charge is 0.388 e. The van der Waals surface area contributed by atoms with Crippen LogP contribution in [-0.2, 0) is 22.4 Å². The van der Waals surface area contributed by atoms with Gasteiger partial charge in [-0.3, -0.25) is 4.79 Å². The van der Waals surface area contributed by atoms with Crippen molar-refractivity contribution in [1.82, 2.24) is 15.3 Å². The molecule has 1 aliphatic rings. The topological polar surface area (TPSA) is 96.0 Å². The molecule has 0 aliphatic heterocycles. The second-order valence-corrected chi connectivity index (χ2v) is 8.28. The van der Waals surface area contributed by atoms with E-state index in [1.165, 1.54) is 29.6 Å². The minimum Gasteiger partial charge on any atom is -0.388 e. The molecule has 1 unspecified atom stereocenters. The monoisotopic (exact) mass is 465 g/mol. The van der Waals surface area contributed by atoms with Gasteiger partial charge in [-0.2, -0.15) is 0 Å². The number of carbonyl (C=O) groups excluding carboxylic acids is 2. The second kappa shape index (κ2) is 12.6. The molecule has 3 N–H and O–H groups in total. The molecule has 34 heavy (non-hydrogen) atoms. The molecule has 1 heterocycles. The molecule has 1 atom stereocenters. The van der Waals surface area contributed by atoms with E-state index in [2.05, 4.69) is 44.1 Å². The van der Waals surface area contributed by atoms with Crippen molar-refractivity contribution in [2.45, 2.75) is 51.5 Å². The summed E-state index contributed by atoms with van der Waals surface area (Å²) >= 11 is 0. The van der Waals surface area contributed by atoms with Crippen LogP contribution in [0.3, 0.4) is 0 Å². The van der Waals surface area contributed by atoms with Crippen LogP contribution in [0.25, 0.3) is 10.9 Å². The Morgan fingerprint density at radius 2 is 1.97 bits per heavy atom. The molecule has 2 aromatic carbocycles. The third kappa shape index (κ3) is 6.97. The number of amides is 1. The van der Waals surface area contributed by atoms with Gasteiger partial charge in [0.25, 0.3) is 0 Å². The van der Waals surface area contributed by atoms with E-state index < -0.39 is 0 Å². The summed E-state index contributed by atoms with van der Waals surface area (Å²) < 4.78 is 13.5. The SMILES string of the molecule is CCCNC(=O)CCCC=O.CNc1ccc2c(c1)CC(Nc1ncnc3ccc(F)cc13)C2. The van der Waals surface area contributed by atoms with Gasteiger partial charge >= 0.3 is 0 Å². The molecule has 0 radical (unpaired) electrons. The third-order valence-electron chi connectivity index (χ3n) is 5.66. The van der Waals surface area contributed by atoms with E-state index in [-0.39, 0.29) is 17.8 Å².